The van der Waals surface area contributed by atoms with E-state index in [1.807, 2.05) is 6.92 Å². The lowest BCUT2D eigenvalue weighted by atomic mass is 10.3. The Morgan fingerprint density at radius 1 is 1.44 bits per heavy atom. The molecule has 0 bridgehead atoms. The lowest BCUT2D eigenvalue weighted by molar-refractivity contribution is -0.140. The Hall–Kier alpha value is -0.730. The predicted octanol–water partition coefficient (Wildman–Crippen LogP) is 0.268. The maximum atomic E-state index is 12.0. The van der Waals surface area contributed by atoms with Gasteiger partial charge in [0, 0.05) is 13.0 Å². The largest absolute Gasteiger partial charge is 0.469 e. The number of thiocarbonyl (C=S) groups is 1. The zero-order chi connectivity index (χ0) is 14.2. The van der Waals surface area contributed by atoms with Gasteiger partial charge in [-0.2, -0.15) is 4.31 Å². The lowest BCUT2D eigenvalue weighted by Crippen LogP contribution is -2.39. The Morgan fingerprint density at radius 2 is 2.06 bits per heavy atom. The van der Waals surface area contributed by atoms with Crippen molar-refractivity contribution in [3.05, 3.63) is 0 Å². The van der Waals surface area contributed by atoms with E-state index in [0.717, 1.165) is 0 Å². The van der Waals surface area contributed by atoms with Gasteiger partial charge in [0.1, 0.15) is 0 Å². The number of hydrogen-bond acceptors (Lipinski definition) is 5. The van der Waals surface area contributed by atoms with Crippen molar-refractivity contribution in [1.29, 1.82) is 0 Å². The van der Waals surface area contributed by atoms with Crippen molar-refractivity contribution in [3.63, 3.8) is 0 Å². The third-order valence-electron chi connectivity index (χ3n) is 2.21. The summed E-state index contributed by atoms with van der Waals surface area (Å²) in [6, 6.07) is 0. The van der Waals surface area contributed by atoms with E-state index >= 15 is 0 Å². The van der Waals surface area contributed by atoms with E-state index in [4.69, 9.17) is 18.0 Å². The summed E-state index contributed by atoms with van der Waals surface area (Å²) in [5, 5.41) is 0. The molecule has 0 heterocycles. The van der Waals surface area contributed by atoms with Crippen LogP contribution in [0.1, 0.15) is 26.2 Å². The van der Waals surface area contributed by atoms with Gasteiger partial charge in [0.25, 0.3) is 0 Å². The molecule has 0 rings (SSSR count). The minimum Gasteiger partial charge on any atom is -0.469 e. The zero-order valence-corrected chi connectivity index (χ0v) is 12.3. The van der Waals surface area contributed by atoms with Crippen molar-refractivity contribution in [2.45, 2.75) is 26.2 Å². The highest BCUT2D eigenvalue weighted by atomic mass is 32.2. The van der Waals surface area contributed by atoms with Gasteiger partial charge in [-0.1, -0.05) is 19.1 Å². The topological polar surface area (TPSA) is 89.7 Å². The van der Waals surface area contributed by atoms with Crippen LogP contribution in [0.15, 0.2) is 0 Å². The molecule has 0 saturated carbocycles. The highest BCUT2D eigenvalue weighted by molar-refractivity contribution is 7.89. The van der Waals surface area contributed by atoms with Gasteiger partial charge in [0.15, 0.2) is 0 Å². The van der Waals surface area contributed by atoms with Crippen molar-refractivity contribution >= 4 is 33.2 Å². The fourth-order valence-electron chi connectivity index (χ4n) is 1.37. The van der Waals surface area contributed by atoms with Crippen LogP contribution in [0.25, 0.3) is 0 Å². The molecule has 0 aliphatic rings. The van der Waals surface area contributed by atoms with Crippen molar-refractivity contribution in [1.82, 2.24) is 4.31 Å². The van der Waals surface area contributed by atoms with Gasteiger partial charge in [-0.05, 0) is 12.8 Å². The highest BCUT2D eigenvalue weighted by Gasteiger charge is 2.21. The maximum Gasteiger partial charge on any atom is 0.305 e. The van der Waals surface area contributed by atoms with Crippen LogP contribution in [0, 0.1) is 0 Å². The van der Waals surface area contributed by atoms with Gasteiger partial charge < -0.3 is 10.5 Å². The molecule has 8 heteroatoms. The van der Waals surface area contributed by atoms with E-state index in [2.05, 4.69) is 4.74 Å². The molecule has 0 radical (unpaired) electrons. The fraction of sp³-hybridized carbons (Fsp3) is 0.800. The van der Waals surface area contributed by atoms with E-state index in [9.17, 15) is 13.2 Å². The number of esters is 1. The quantitative estimate of drug-likeness (QED) is 0.485. The summed E-state index contributed by atoms with van der Waals surface area (Å²) in [5.74, 6) is -0.522. The summed E-state index contributed by atoms with van der Waals surface area (Å²) in [7, 11) is -2.15. The monoisotopic (exact) mass is 296 g/mol. The first-order valence-corrected chi connectivity index (χ1v) is 7.68. The standard InChI is InChI=1S/C10H20N2O4S2/c1-3-6-12(8-9(11)17)18(14,15)7-4-5-10(13)16-2/h3-8H2,1-2H3,(H2,11,17). The SMILES string of the molecule is CCCN(CC(N)=S)S(=O)(=O)CCCC(=O)OC. The molecular weight excluding hydrogens is 276 g/mol. The van der Waals surface area contributed by atoms with E-state index in [-0.39, 0.29) is 30.1 Å². The van der Waals surface area contributed by atoms with Gasteiger partial charge in [-0.15, -0.1) is 0 Å². The number of ether oxygens (including phenoxy) is 1. The third kappa shape index (κ3) is 6.87. The number of methoxy groups -OCH3 is 1. The minimum atomic E-state index is -3.43. The minimum absolute atomic E-state index is 0.0454. The van der Waals surface area contributed by atoms with E-state index in [0.29, 0.717) is 13.0 Å². The smallest absolute Gasteiger partial charge is 0.305 e. The first-order valence-electron chi connectivity index (χ1n) is 5.66. The number of nitrogens with two attached hydrogens (primary N) is 1. The summed E-state index contributed by atoms with van der Waals surface area (Å²) < 4.78 is 29.7. The fourth-order valence-corrected chi connectivity index (χ4v) is 3.17. The predicted molar refractivity (Wildman–Crippen MR) is 73.7 cm³/mol. The molecule has 0 atom stereocenters. The first-order chi connectivity index (χ1) is 8.33. The van der Waals surface area contributed by atoms with Crippen LogP contribution in [-0.2, 0) is 19.6 Å². The molecule has 106 valence electrons. The molecule has 0 amide bonds. The second-order valence-corrected chi connectivity index (χ2v) is 6.41. The number of nitrogens with zero attached hydrogens (tertiary/aromatic N) is 1. The molecule has 0 aromatic heterocycles. The van der Waals surface area contributed by atoms with Gasteiger partial charge >= 0.3 is 5.97 Å². The third-order valence-corrected chi connectivity index (χ3v) is 4.24. The van der Waals surface area contributed by atoms with Crippen molar-refractivity contribution in [2.24, 2.45) is 5.73 Å². The normalized spacial score (nSPS) is 11.5. The van der Waals surface area contributed by atoms with E-state index in [1.54, 1.807) is 0 Å². The van der Waals surface area contributed by atoms with Crippen LogP contribution in [0.5, 0.6) is 0 Å². The Bertz CT molecular complexity index is 381. The second-order valence-electron chi connectivity index (χ2n) is 3.80. The zero-order valence-electron chi connectivity index (χ0n) is 10.7. The maximum absolute atomic E-state index is 12.0. The lowest BCUT2D eigenvalue weighted by Gasteiger charge is -2.20. The van der Waals surface area contributed by atoms with Crippen molar-refractivity contribution in [3.8, 4) is 0 Å². The number of rotatable bonds is 9. The molecule has 0 unspecified atom stereocenters. The molecule has 0 saturated heterocycles. The Kier molecular flexibility index (Phi) is 8.05. The summed E-state index contributed by atoms with van der Waals surface area (Å²) in [5.41, 5.74) is 5.37. The summed E-state index contributed by atoms with van der Waals surface area (Å²) in [4.78, 5) is 11.0. The molecule has 0 aliphatic heterocycles. The molecule has 18 heavy (non-hydrogen) atoms. The van der Waals surface area contributed by atoms with Gasteiger partial charge in [0.05, 0.1) is 24.4 Å². The number of sulfonamides is 1. The highest BCUT2D eigenvalue weighted by Crippen LogP contribution is 2.06. The molecule has 6 nitrogen and oxygen atoms in total. The molecule has 0 fully saturated rings. The average Bonchev–Trinajstić information content (AvgIpc) is 2.27. The number of hydrogen-bond donors (Lipinski definition) is 1. The second kappa shape index (κ2) is 8.39. The molecule has 0 aromatic rings. The van der Waals surface area contributed by atoms with Crippen LogP contribution in [-0.4, -0.2) is 49.6 Å². The van der Waals surface area contributed by atoms with Gasteiger partial charge in [0.2, 0.25) is 10.0 Å². The van der Waals surface area contributed by atoms with Gasteiger partial charge in [-0.25, -0.2) is 8.42 Å². The van der Waals surface area contributed by atoms with Crippen LogP contribution >= 0.6 is 12.2 Å². The van der Waals surface area contributed by atoms with Crippen LogP contribution in [0.4, 0.5) is 0 Å². The molecule has 0 aromatic carbocycles. The molecule has 0 spiro atoms. The summed E-state index contributed by atoms with van der Waals surface area (Å²) >= 11 is 4.73. The summed E-state index contributed by atoms with van der Waals surface area (Å²) in [6.07, 6.45) is 0.994. The number of carbonyl (C=O) groups excluding carboxylic acids is 1. The molecule has 2 N–H and O–H groups in total. The Labute approximate surface area is 114 Å². The molecule has 0 aliphatic carbocycles. The Balaban J connectivity index is 4.45. The number of carbonyl (C=O) groups is 1. The average molecular weight is 296 g/mol. The van der Waals surface area contributed by atoms with Crippen molar-refractivity contribution in [2.75, 3.05) is 26.0 Å². The van der Waals surface area contributed by atoms with Crippen molar-refractivity contribution < 1.29 is 17.9 Å². The van der Waals surface area contributed by atoms with E-state index < -0.39 is 16.0 Å². The van der Waals surface area contributed by atoms with Gasteiger partial charge in [-0.3, -0.25) is 4.79 Å². The summed E-state index contributed by atoms with van der Waals surface area (Å²) in [6.45, 7) is 2.29. The van der Waals surface area contributed by atoms with E-state index in [1.165, 1.54) is 11.4 Å². The van der Waals surface area contributed by atoms with Crippen LogP contribution in [0.3, 0.4) is 0 Å². The van der Waals surface area contributed by atoms with Crippen LogP contribution in [0.2, 0.25) is 0 Å². The first kappa shape index (κ1) is 17.3. The molecular formula is C10H20N2O4S2. The van der Waals surface area contributed by atoms with Crippen LogP contribution < -0.4 is 5.73 Å². The Morgan fingerprint density at radius 3 is 2.50 bits per heavy atom.